The fourth-order valence-electron chi connectivity index (χ4n) is 0.819. The van der Waals surface area contributed by atoms with Gasteiger partial charge in [-0.25, -0.2) is 0 Å². The normalized spacial score (nSPS) is 10.7. The van der Waals surface area contributed by atoms with Crippen LogP contribution in [-0.4, -0.2) is 11.5 Å². The monoisotopic (exact) mass is 253 g/mol. The van der Waals surface area contributed by atoms with E-state index in [1.807, 2.05) is 0 Å². The molecule has 80 valence electrons. The number of aliphatic imine (C=N–C) groups is 1. The summed E-state index contributed by atoms with van der Waals surface area (Å²) in [6, 6.07) is 3.54. The van der Waals surface area contributed by atoms with Gasteiger partial charge >= 0.3 is 6.36 Å². The molecule has 1 rings (SSSR count). The summed E-state index contributed by atoms with van der Waals surface area (Å²) >= 11 is 9.85. The second-order valence-corrected chi connectivity index (χ2v) is 2.96. The molecule has 7 heteroatoms. The molecule has 0 bridgehead atoms. The van der Waals surface area contributed by atoms with Gasteiger partial charge < -0.3 is 4.74 Å². The van der Waals surface area contributed by atoms with E-state index in [4.69, 9.17) is 11.6 Å². The third kappa shape index (κ3) is 3.87. The Balaban J connectivity index is 2.98. The van der Waals surface area contributed by atoms with Crippen molar-refractivity contribution in [2.45, 2.75) is 6.36 Å². The lowest BCUT2D eigenvalue weighted by Gasteiger charge is -2.09. The average molecular weight is 254 g/mol. The van der Waals surface area contributed by atoms with Gasteiger partial charge in [0, 0.05) is 0 Å². The molecule has 0 N–H and O–H groups in total. The van der Waals surface area contributed by atoms with Crippen molar-refractivity contribution in [1.29, 1.82) is 0 Å². The molecule has 0 amide bonds. The molecule has 0 saturated carbocycles. The first-order valence-electron chi connectivity index (χ1n) is 3.55. The lowest BCUT2D eigenvalue weighted by Crippen LogP contribution is -2.17. The standard InChI is InChI=1S/C8H3ClF3NOS/c9-6-3-5(13-4-15)1-2-7(6)14-8(10,11)12/h1-3H. The zero-order chi connectivity index (χ0) is 11.5. The quantitative estimate of drug-likeness (QED) is 0.587. The average Bonchev–Trinajstić information content (AvgIpc) is 2.08. The van der Waals surface area contributed by atoms with Gasteiger partial charge in [0.25, 0.3) is 0 Å². The van der Waals surface area contributed by atoms with Crippen molar-refractivity contribution in [2.75, 3.05) is 0 Å². The number of hydrogen-bond donors (Lipinski definition) is 0. The van der Waals surface area contributed by atoms with Crippen molar-refractivity contribution in [3.05, 3.63) is 23.2 Å². The molecule has 0 aliphatic carbocycles. The lowest BCUT2D eigenvalue weighted by atomic mass is 10.3. The van der Waals surface area contributed by atoms with Crippen molar-refractivity contribution in [3.8, 4) is 5.75 Å². The van der Waals surface area contributed by atoms with E-state index < -0.39 is 12.1 Å². The van der Waals surface area contributed by atoms with E-state index in [0.717, 1.165) is 6.07 Å². The van der Waals surface area contributed by atoms with E-state index in [2.05, 4.69) is 27.1 Å². The van der Waals surface area contributed by atoms with E-state index >= 15 is 0 Å². The Bertz CT molecular complexity index is 415. The molecule has 0 aliphatic heterocycles. The number of nitrogens with zero attached hydrogens (tertiary/aromatic N) is 1. The SMILES string of the molecule is FC(F)(F)Oc1ccc(N=C=S)cc1Cl. The van der Waals surface area contributed by atoms with Crippen molar-refractivity contribution in [1.82, 2.24) is 0 Å². The number of ether oxygens (including phenoxy) is 1. The summed E-state index contributed by atoms with van der Waals surface area (Å²) in [5, 5.41) is 1.87. The fraction of sp³-hybridized carbons (Fsp3) is 0.125. The number of benzene rings is 1. The predicted octanol–water partition coefficient (Wildman–Crippen LogP) is 3.97. The Morgan fingerprint density at radius 3 is 2.53 bits per heavy atom. The Morgan fingerprint density at radius 2 is 2.07 bits per heavy atom. The number of thiocarbonyl (C=S) groups is 1. The fourth-order valence-corrected chi connectivity index (χ4v) is 1.14. The summed E-state index contributed by atoms with van der Waals surface area (Å²) in [5.41, 5.74) is 0.310. The van der Waals surface area contributed by atoms with Gasteiger partial charge in [0.2, 0.25) is 0 Å². The van der Waals surface area contributed by atoms with Crippen LogP contribution in [0.2, 0.25) is 5.02 Å². The summed E-state index contributed by atoms with van der Waals surface area (Å²) in [6.07, 6.45) is -4.77. The van der Waals surface area contributed by atoms with E-state index in [1.165, 1.54) is 12.1 Å². The number of alkyl halides is 3. The summed E-state index contributed by atoms with van der Waals surface area (Å²) in [7, 11) is 0. The zero-order valence-electron chi connectivity index (χ0n) is 7.01. The maximum atomic E-state index is 11.8. The topological polar surface area (TPSA) is 21.6 Å². The highest BCUT2D eigenvalue weighted by Gasteiger charge is 2.31. The smallest absolute Gasteiger partial charge is 0.404 e. The molecule has 0 unspecified atom stereocenters. The van der Waals surface area contributed by atoms with E-state index in [1.54, 1.807) is 0 Å². The Labute approximate surface area is 93.3 Å². The maximum absolute atomic E-state index is 11.8. The first-order chi connectivity index (χ1) is 6.92. The van der Waals surface area contributed by atoms with Gasteiger partial charge in [-0.05, 0) is 30.4 Å². The van der Waals surface area contributed by atoms with Crippen molar-refractivity contribution in [2.24, 2.45) is 4.99 Å². The van der Waals surface area contributed by atoms with Crippen LogP contribution in [0.3, 0.4) is 0 Å². The molecule has 0 spiro atoms. The van der Waals surface area contributed by atoms with Gasteiger partial charge in [0.15, 0.2) is 0 Å². The second-order valence-electron chi connectivity index (χ2n) is 2.37. The van der Waals surface area contributed by atoms with Gasteiger partial charge in [-0.3, -0.25) is 0 Å². The molecule has 0 radical (unpaired) electrons. The van der Waals surface area contributed by atoms with E-state index in [-0.39, 0.29) is 5.02 Å². The summed E-state index contributed by atoms with van der Waals surface area (Å²) in [6.45, 7) is 0. The van der Waals surface area contributed by atoms with Gasteiger partial charge in [-0.1, -0.05) is 11.6 Å². The molecule has 0 saturated heterocycles. The summed E-state index contributed by atoms with van der Waals surface area (Å²) < 4.78 is 39.2. The van der Waals surface area contributed by atoms with Crippen LogP contribution < -0.4 is 4.74 Å². The van der Waals surface area contributed by atoms with Gasteiger partial charge in [0.1, 0.15) is 5.75 Å². The Kier molecular flexibility index (Phi) is 3.68. The van der Waals surface area contributed by atoms with Gasteiger partial charge in [-0.2, -0.15) is 4.99 Å². The molecule has 0 heterocycles. The number of rotatable bonds is 2. The maximum Gasteiger partial charge on any atom is 0.573 e. The largest absolute Gasteiger partial charge is 0.573 e. The molecule has 15 heavy (non-hydrogen) atoms. The number of isothiocyanates is 1. The minimum Gasteiger partial charge on any atom is -0.404 e. The van der Waals surface area contributed by atoms with Crippen LogP contribution in [0.5, 0.6) is 5.75 Å². The zero-order valence-corrected chi connectivity index (χ0v) is 8.58. The van der Waals surface area contributed by atoms with Crippen LogP contribution in [0, 0.1) is 0 Å². The number of hydrogen-bond acceptors (Lipinski definition) is 3. The van der Waals surface area contributed by atoms with Crippen LogP contribution in [0.15, 0.2) is 23.2 Å². The highest BCUT2D eigenvalue weighted by molar-refractivity contribution is 7.78. The molecular weight excluding hydrogens is 251 g/mol. The van der Waals surface area contributed by atoms with Crippen LogP contribution in [0.4, 0.5) is 18.9 Å². The minimum absolute atomic E-state index is 0.196. The van der Waals surface area contributed by atoms with Crippen LogP contribution in [0.25, 0.3) is 0 Å². The van der Waals surface area contributed by atoms with Crippen molar-refractivity contribution < 1.29 is 17.9 Å². The molecule has 1 aromatic rings. The predicted molar refractivity (Wildman–Crippen MR) is 52.8 cm³/mol. The molecule has 0 fully saturated rings. The molecule has 0 aromatic heterocycles. The summed E-state index contributed by atoms with van der Waals surface area (Å²) in [4.78, 5) is 3.55. The highest BCUT2D eigenvalue weighted by atomic mass is 35.5. The highest BCUT2D eigenvalue weighted by Crippen LogP contribution is 2.32. The van der Waals surface area contributed by atoms with Crippen LogP contribution in [0.1, 0.15) is 0 Å². The Hall–Kier alpha value is -1.10. The number of halogens is 4. The first-order valence-corrected chi connectivity index (χ1v) is 4.34. The molecule has 0 aliphatic rings. The minimum atomic E-state index is -4.77. The molecular formula is C8H3ClF3NOS. The first kappa shape index (κ1) is 12.0. The molecule has 1 aromatic carbocycles. The van der Waals surface area contributed by atoms with Crippen LogP contribution >= 0.6 is 23.8 Å². The third-order valence-electron chi connectivity index (χ3n) is 1.32. The van der Waals surface area contributed by atoms with Crippen molar-refractivity contribution in [3.63, 3.8) is 0 Å². The van der Waals surface area contributed by atoms with E-state index in [9.17, 15) is 13.2 Å². The summed E-state index contributed by atoms with van der Waals surface area (Å²) in [5.74, 6) is -0.479. The van der Waals surface area contributed by atoms with Crippen LogP contribution in [-0.2, 0) is 0 Å². The molecule has 0 atom stereocenters. The lowest BCUT2D eigenvalue weighted by molar-refractivity contribution is -0.274. The van der Waals surface area contributed by atoms with E-state index in [0.29, 0.717) is 5.69 Å². The van der Waals surface area contributed by atoms with Gasteiger partial charge in [0.05, 0.1) is 15.9 Å². The molecule has 2 nitrogen and oxygen atoms in total. The van der Waals surface area contributed by atoms with Gasteiger partial charge in [-0.15, -0.1) is 13.2 Å². The second kappa shape index (κ2) is 4.61. The third-order valence-corrected chi connectivity index (χ3v) is 1.70. The van der Waals surface area contributed by atoms with Crippen molar-refractivity contribution >= 4 is 34.7 Å². The Morgan fingerprint density at radius 1 is 1.40 bits per heavy atom.